The van der Waals surface area contributed by atoms with Crippen LogP contribution in [0.15, 0.2) is 30.5 Å². The van der Waals surface area contributed by atoms with Crippen molar-refractivity contribution in [1.82, 2.24) is 9.47 Å². The van der Waals surface area contributed by atoms with Crippen molar-refractivity contribution in [3.63, 3.8) is 0 Å². The molecule has 2 heterocycles. The van der Waals surface area contributed by atoms with Crippen LogP contribution in [0.1, 0.15) is 23.3 Å². The van der Waals surface area contributed by atoms with E-state index in [-0.39, 0.29) is 5.91 Å². The standard InChI is InChI=1S/C16H17Cl2N3O/c1-20-10-14(19-13-7-11(17)6-12(18)8-13)9-15(20)16(22)21-4-2-3-5-21/h6-10,19H,2-5H2,1H3. The fraction of sp³-hybridized carbons (Fsp3) is 0.312. The molecule has 0 saturated carbocycles. The smallest absolute Gasteiger partial charge is 0.270 e. The average molecular weight is 338 g/mol. The monoisotopic (exact) mass is 337 g/mol. The van der Waals surface area contributed by atoms with Gasteiger partial charge in [0.15, 0.2) is 0 Å². The minimum absolute atomic E-state index is 0.0807. The van der Waals surface area contributed by atoms with Crippen LogP contribution >= 0.6 is 23.2 Å². The molecule has 1 aromatic carbocycles. The van der Waals surface area contributed by atoms with E-state index in [1.54, 1.807) is 18.2 Å². The second-order valence-corrected chi connectivity index (χ2v) is 6.38. The highest BCUT2D eigenvalue weighted by Crippen LogP contribution is 2.26. The van der Waals surface area contributed by atoms with Crippen LogP contribution in [0.25, 0.3) is 0 Å². The molecular formula is C16H17Cl2N3O. The summed E-state index contributed by atoms with van der Waals surface area (Å²) in [7, 11) is 1.87. The van der Waals surface area contributed by atoms with E-state index in [0.717, 1.165) is 37.3 Å². The summed E-state index contributed by atoms with van der Waals surface area (Å²) in [5.41, 5.74) is 2.31. The Morgan fingerprint density at radius 2 is 1.68 bits per heavy atom. The van der Waals surface area contributed by atoms with E-state index in [9.17, 15) is 4.79 Å². The zero-order valence-corrected chi connectivity index (χ0v) is 13.8. The largest absolute Gasteiger partial charge is 0.354 e. The summed E-state index contributed by atoms with van der Waals surface area (Å²) in [5.74, 6) is 0.0807. The van der Waals surface area contributed by atoms with Crippen LogP contribution in [0.3, 0.4) is 0 Å². The summed E-state index contributed by atoms with van der Waals surface area (Å²) in [4.78, 5) is 14.4. The molecule has 0 radical (unpaired) electrons. The lowest BCUT2D eigenvalue weighted by Gasteiger charge is -2.15. The van der Waals surface area contributed by atoms with Crippen LogP contribution in [-0.4, -0.2) is 28.5 Å². The van der Waals surface area contributed by atoms with Gasteiger partial charge in [0, 0.05) is 42.1 Å². The Labute approximate surface area is 139 Å². The van der Waals surface area contributed by atoms with E-state index >= 15 is 0 Å². The van der Waals surface area contributed by atoms with Gasteiger partial charge in [-0.25, -0.2) is 0 Å². The number of carbonyl (C=O) groups excluding carboxylic acids is 1. The van der Waals surface area contributed by atoms with Gasteiger partial charge in [-0.1, -0.05) is 23.2 Å². The molecular weight excluding hydrogens is 321 g/mol. The lowest BCUT2D eigenvalue weighted by molar-refractivity contribution is 0.0783. The van der Waals surface area contributed by atoms with E-state index in [4.69, 9.17) is 23.2 Å². The van der Waals surface area contributed by atoms with Gasteiger partial charge in [-0.05, 0) is 37.1 Å². The molecule has 1 aromatic heterocycles. The van der Waals surface area contributed by atoms with E-state index in [2.05, 4.69) is 5.32 Å². The Hall–Kier alpha value is -1.65. The number of likely N-dealkylation sites (tertiary alicyclic amines) is 1. The number of hydrogen-bond acceptors (Lipinski definition) is 2. The second-order valence-electron chi connectivity index (χ2n) is 5.51. The number of aromatic nitrogens is 1. The molecule has 116 valence electrons. The third kappa shape index (κ3) is 3.23. The number of benzene rings is 1. The molecule has 1 N–H and O–H groups in total. The number of carbonyl (C=O) groups is 1. The van der Waals surface area contributed by atoms with Crippen molar-refractivity contribution >= 4 is 40.5 Å². The van der Waals surface area contributed by atoms with Gasteiger partial charge in [-0.3, -0.25) is 4.79 Å². The SMILES string of the molecule is Cn1cc(Nc2cc(Cl)cc(Cl)c2)cc1C(=O)N1CCCC1. The Morgan fingerprint density at radius 3 is 2.32 bits per heavy atom. The third-order valence-electron chi connectivity index (χ3n) is 3.77. The highest BCUT2D eigenvalue weighted by Gasteiger charge is 2.22. The molecule has 1 fully saturated rings. The van der Waals surface area contributed by atoms with E-state index < -0.39 is 0 Å². The number of hydrogen-bond donors (Lipinski definition) is 1. The maximum atomic E-state index is 12.5. The minimum Gasteiger partial charge on any atom is -0.354 e. The summed E-state index contributed by atoms with van der Waals surface area (Å²) < 4.78 is 1.84. The molecule has 6 heteroatoms. The maximum absolute atomic E-state index is 12.5. The van der Waals surface area contributed by atoms with Crippen molar-refractivity contribution in [3.8, 4) is 0 Å². The number of rotatable bonds is 3. The minimum atomic E-state index is 0.0807. The van der Waals surface area contributed by atoms with Gasteiger partial charge < -0.3 is 14.8 Å². The predicted molar refractivity (Wildman–Crippen MR) is 90.3 cm³/mol. The molecule has 3 rings (SSSR count). The number of aryl methyl sites for hydroxylation is 1. The van der Waals surface area contributed by atoms with Gasteiger partial charge in [0.05, 0.1) is 5.69 Å². The Bertz CT molecular complexity index is 685. The summed E-state index contributed by atoms with van der Waals surface area (Å²) >= 11 is 12.0. The maximum Gasteiger partial charge on any atom is 0.270 e. The van der Waals surface area contributed by atoms with Gasteiger partial charge in [-0.2, -0.15) is 0 Å². The van der Waals surface area contributed by atoms with Crippen molar-refractivity contribution in [1.29, 1.82) is 0 Å². The molecule has 4 nitrogen and oxygen atoms in total. The second kappa shape index (κ2) is 6.23. The highest BCUT2D eigenvalue weighted by molar-refractivity contribution is 6.35. The van der Waals surface area contributed by atoms with Gasteiger partial charge in [0.25, 0.3) is 5.91 Å². The van der Waals surface area contributed by atoms with Crippen molar-refractivity contribution in [2.45, 2.75) is 12.8 Å². The van der Waals surface area contributed by atoms with Crippen LogP contribution in [0.4, 0.5) is 11.4 Å². The van der Waals surface area contributed by atoms with E-state index in [1.165, 1.54) is 0 Å². The predicted octanol–water partition coefficient (Wildman–Crippen LogP) is 4.31. The number of anilines is 2. The Balaban J connectivity index is 1.81. The first-order chi connectivity index (χ1) is 10.5. The quantitative estimate of drug-likeness (QED) is 0.905. The molecule has 0 unspecified atom stereocenters. The number of nitrogens with one attached hydrogen (secondary N) is 1. The molecule has 0 bridgehead atoms. The van der Waals surface area contributed by atoms with Crippen molar-refractivity contribution in [3.05, 3.63) is 46.2 Å². The van der Waals surface area contributed by atoms with Gasteiger partial charge >= 0.3 is 0 Å². The van der Waals surface area contributed by atoms with Crippen molar-refractivity contribution in [2.75, 3.05) is 18.4 Å². The molecule has 0 atom stereocenters. The van der Waals surface area contributed by atoms with Gasteiger partial charge in [-0.15, -0.1) is 0 Å². The third-order valence-corrected chi connectivity index (χ3v) is 4.21. The van der Waals surface area contributed by atoms with Gasteiger partial charge in [0.1, 0.15) is 5.69 Å². The number of halogens is 2. The lowest BCUT2D eigenvalue weighted by Crippen LogP contribution is -2.29. The highest BCUT2D eigenvalue weighted by atomic mass is 35.5. The number of nitrogens with zero attached hydrogens (tertiary/aromatic N) is 2. The zero-order valence-electron chi connectivity index (χ0n) is 12.3. The van der Waals surface area contributed by atoms with Crippen LogP contribution in [0, 0.1) is 0 Å². The molecule has 1 aliphatic rings. The molecule has 2 aromatic rings. The fourth-order valence-electron chi connectivity index (χ4n) is 2.72. The Morgan fingerprint density at radius 1 is 1.05 bits per heavy atom. The molecule has 0 spiro atoms. The first-order valence-electron chi connectivity index (χ1n) is 7.22. The first kappa shape index (κ1) is 15.3. The zero-order chi connectivity index (χ0) is 15.7. The fourth-order valence-corrected chi connectivity index (χ4v) is 3.25. The summed E-state index contributed by atoms with van der Waals surface area (Å²) in [6, 6.07) is 7.13. The average Bonchev–Trinajstić information content (AvgIpc) is 3.06. The normalized spacial score (nSPS) is 14.4. The van der Waals surface area contributed by atoms with Crippen molar-refractivity contribution in [2.24, 2.45) is 7.05 Å². The molecule has 1 aliphatic heterocycles. The van der Waals surface area contributed by atoms with Crippen LogP contribution in [0.2, 0.25) is 10.0 Å². The van der Waals surface area contributed by atoms with Crippen LogP contribution < -0.4 is 5.32 Å². The summed E-state index contributed by atoms with van der Waals surface area (Å²) in [6.45, 7) is 1.69. The van der Waals surface area contributed by atoms with E-state index in [1.807, 2.05) is 28.8 Å². The Kier molecular flexibility index (Phi) is 4.32. The van der Waals surface area contributed by atoms with Crippen LogP contribution in [-0.2, 0) is 7.05 Å². The molecule has 0 aliphatic carbocycles. The molecule has 22 heavy (non-hydrogen) atoms. The van der Waals surface area contributed by atoms with Gasteiger partial charge in [0.2, 0.25) is 0 Å². The van der Waals surface area contributed by atoms with E-state index in [0.29, 0.717) is 15.7 Å². The topological polar surface area (TPSA) is 37.3 Å². The van der Waals surface area contributed by atoms with Crippen LogP contribution in [0.5, 0.6) is 0 Å². The molecule has 1 saturated heterocycles. The first-order valence-corrected chi connectivity index (χ1v) is 7.97. The number of amides is 1. The lowest BCUT2D eigenvalue weighted by atomic mass is 10.3. The summed E-state index contributed by atoms with van der Waals surface area (Å²) in [6.07, 6.45) is 4.06. The molecule has 1 amide bonds. The van der Waals surface area contributed by atoms with Crippen molar-refractivity contribution < 1.29 is 4.79 Å². The summed E-state index contributed by atoms with van der Waals surface area (Å²) in [5, 5.41) is 4.37.